The molecule has 11 nitrogen and oxygen atoms in total. The Morgan fingerprint density at radius 3 is 0.971 bits per heavy atom. The largest absolute Gasteiger partial charge is 4.00 e. The predicted molar refractivity (Wildman–Crippen MR) is 97.5 cm³/mol. The SMILES string of the molecule is C1=COc2ccccc2C1.C1=COc2ccccc2C1.[La+3].[La+3].[O-2].[O-2].[O-2].[O-2].[O-2].[O-2].[O-2].[O-2].[O-2].[Ru+4].[Ru+4].[Sr+2].[Sr+2]. The van der Waals surface area contributed by atoms with Gasteiger partial charge in [0.25, 0.3) is 0 Å². The molecule has 0 fully saturated rings. The normalized spacial score (nSPS) is 8.00. The van der Waals surface area contributed by atoms with E-state index in [1.165, 1.54) is 11.1 Å². The summed E-state index contributed by atoms with van der Waals surface area (Å²) in [4.78, 5) is 0. The summed E-state index contributed by atoms with van der Waals surface area (Å²) in [5.41, 5.74) is 2.54. The molecular formula is C18H16La2O11Ru2Sr2. The number of allylic oxidation sites excluding steroid dienone is 2. The molecule has 2 aliphatic rings. The average Bonchev–Trinajstić information content (AvgIpc) is 2.56. The van der Waals surface area contributed by atoms with E-state index in [0.717, 1.165) is 24.3 Å². The second-order valence-electron chi connectivity index (χ2n) is 4.60. The zero-order valence-corrected chi connectivity index (χ0v) is 35.8. The summed E-state index contributed by atoms with van der Waals surface area (Å²) >= 11 is 0. The van der Waals surface area contributed by atoms with Crippen LogP contribution in [0.3, 0.4) is 0 Å². The summed E-state index contributed by atoms with van der Waals surface area (Å²) in [6.45, 7) is 0. The smallest absolute Gasteiger partial charge is 2.00 e. The molecule has 0 unspecified atom stereocenters. The van der Waals surface area contributed by atoms with E-state index in [-0.39, 0.29) is 250 Å². The van der Waals surface area contributed by atoms with E-state index in [4.69, 9.17) is 9.47 Å². The standard InChI is InChI=1S/2C9H8O.2La.9O.2Ru.2Sr/c2*1-2-6-9-8(4-1)5-3-7-10-9;;;;;;;;;;;;;;;/h2*1-4,6-7H,5H2;;;;;;;;;;;;;;;/q;;2*+3;9*-2;2*+4;2*+2. The molecule has 0 saturated heterocycles. The first kappa shape index (κ1) is 83.3. The molecule has 35 heavy (non-hydrogen) atoms. The van der Waals surface area contributed by atoms with E-state index >= 15 is 0 Å². The molecule has 0 aromatic heterocycles. The molecule has 2 aliphatic heterocycles. The van der Waals surface area contributed by atoms with E-state index in [9.17, 15) is 0 Å². The van der Waals surface area contributed by atoms with Gasteiger partial charge < -0.3 is 58.8 Å². The van der Waals surface area contributed by atoms with Crippen LogP contribution in [0.4, 0.5) is 0 Å². The molecular weight excluding hydrogens is 1050 g/mol. The number of benzene rings is 2. The van der Waals surface area contributed by atoms with Gasteiger partial charge in [-0.2, -0.15) is 0 Å². The number of rotatable bonds is 0. The van der Waals surface area contributed by atoms with Gasteiger partial charge in [-0.15, -0.1) is 0 Å². The van der Waals surface area contributed by atoms with Crippen molar-refractivity contribution in [1.29, 1.82) is 0 Å². The molecule has 0 radical (unpaired) electrons. The Hall–Kier alpha value is 3.76. The Labute approximate surface area is 361 Å². The Kier molecular flexibility index (Phi) is 120. The summed E-state index contributed by atoms with van der Waals surface area (Å²) in [5.74, 6) is 1.98. The van der Waals surface area contributed by atoms with E-state index in [1.54, 1.807) is 12.5 Å². The van der Waals surface area contributed by atoms with Gasteiger partial charge in [0.15, 0.2) is 0 Å². The van der Waals surface area contributed by atoms with Crippen LogP contribution in [0.2, 0.25) is 0 Å². The van der Waals surface area contributed by atoms with Crippen LogP contribution in [0.5, 0.6) is 11.5 Å². The van der Waals surface area contributed by atoms with Crippen molar-refractivity contribution in [2.75, 3.05) is 0 Å². The minimum Gasteiger partial charge on any atom is -2.00 e. The third kappa shape index (κ3) is 30.5. The van der Waals surface area contributed by atoms with Crippen molar-refractivity contribution in [3.63, 3.8) is 0 Å². The van der Waals surface area contributed by atoms with E-state index in [2.05, 4.69) is 12.1 Å². The third-order valence-corrected chi connectivity index (χ3v) is 3.20. The Morgan fingerprint density at radius 2 is 0.714 bits per heavy atom. The first-order valence-electron chi connectivity index (χ1n) is 6.72. The summed E-state index contributed by atoms with van der Waals surface area (Å²) in [6, 6.07) is 16.2. The first-order chi connectivity index (χ1) is 9.93. The molecule has 4 rings (SSSR count). The zero-order chi connectivity index (χ0) is 13.6. The summed E-state index contributed by atoms with van der Waals surface area (Å²) in [6.07, 6.45) is 9.50. The molecule has 2 heterocycles. The van der Waals surface area contributed by atoms with Gasteiger partial charge in [-0.05, 0) is 48.3 Å². The van der Waals surface area contributed by atoms with Crippen molar-refractivity contribution < 1.29 is 169 Å². The maximum Gasteiger partial charge on any atom is 4.00 e. The van der Waals surface area contributed by atoms with Crippen LogP contribution < -0.4 is 9.47 Å². The van der Waals surface area contributed by atoms with E-state index in [1.807, 2.05) is 48.6 Å². The van der Waals surface area contributed by atoms with Crippen LogP contribution in [-0.2, 0) is 101 Å². The molecule has 0 bridgehead atoms. The molecule has 0 spiro atoms. The van der Waals surface area contributed by atoms with Gasteiger partial charge in [-0.3, -0.25) is 0 Å². The monoisotopic (exact) mass is 1070 g/mol. The van der Waals surface area contributed by atoms with Gasteiger partial charge in [0.2, 0.25) is 0 Å². The van der Waals surface area contributed by atoms with Gasteiger partial charge in [0.05, 0.1) is 12.5 Å². The topological polar surface area (TPSA) is 275 Å². The molecule has 2 aromatic rings. The summed E-state index contributed by atoms with van der Waals surface area (Å²) < 4.78 is 10.5. The van der Waals surface area contributed by atoms with Crippen LogP contribution in [0.15, 0.2) is 73.2 Å². The number of hydrogen-bond acceptors (Lipinski definition) is 2. The first-order valence-corrected chi connectivity index (χ1v) is 6.72. The molecule has 0 amide bonds. The van der Waals surface area contributed by atoms with Crippen LogP contribution in [0.1, 0.15) is 11.1 Å². The average molecular weight is 1060 g/mol. The van der Waals surface area contributed by atoms with Crippen molar-refractivity contribution in [3.05, 3.63) is 84.3 Å². The fourth-order valence-electron chi connectivity index (χ4n) is 2.17. The Balaban J connectivity index is -0.0000000176. The van der Waals surface area contributed by atoms with Crippen molar-refractivity contribution in [2.45, 2.75) is 12.8 Å². The van der Waals surface area contributed by atoms with Gasteiger partial charge in [0, 0.05) is 0 Å². The maximum absolute atomic E-state index is 5.24. The Bertz CT molecular complexity index is 581. The molecule has 17 heteroatoms. The predicted octanol–water partition coefficient (Wildman–Crippen LogP) is 2.43. The van der Waals surface area contributed by atoms with Crippen LogP contribution in [0.25, 0.3) is 0 Å². The second-order valence-corrected chi connectivity index (χ2v) is 4.60. The van der Waals surface area contributed by atoms with Crippen molar-refractivity contribution in [3.8, 4) is 11.5 Å². The number of fused-ring (bicyclic) bond motifs is 2. The minimum atomic E-state index is 0. The molecule has 0 aliphatic carbocycles. The quantitative estimate of drug-likeness (QED) is 0.360. The van der Waals surface area contributed by atoms with Gasteiger partial charge in [0.1, 0.15) is 11.5 Å². The van der Waals surface area contributed by atoms with Gasteiger partial charge in [-0.25, -0.2) is 0 Å². The van der Waals surface area contributed by atoms with Crippen LogP contribution in [0, 0.1) is 71.2 Å². The van der Waals surface area contributed by atoms with Crippen molar-refractivity contribution >= 4 is 91.0 Å². The van der Waals surface area contributed by atoms with Gasteiger partial charge >= 0.3 is 201 Å². The minimum absolute atomic E-state index is 0. The summed E-state index contributed by atoms with van der Waals surface area (Å²) in [7, 11) is 0. The van der Waals surface area contributed by atoms with Crippen molar-refractivity contribution in [1.82, 2.24) is 0 Å². The van der Waals surface area contributed by atoms with Crippen LogP contribution >= 0.6 is 0 Å². The molecule has 0 saturated carbocycles. The van der Waals surface area contributed by atoms with Crippen molar-refractivity contribution in [2.24, 2.45) is 0 Å². The zero-order valence-electron chi connectivity index (χ0n) is 18.1. The fourth-order valence-corrected chi connectivity index (χ4v) is 2.17. The van der Waals surface area contributed by atoms with E-state index < -0.39 is 0 Å². The van der Waals surface area contributed by atoms with Gasteiger partial charge in [-0.1, -0.05) is 36.4 Å². The maximum atomic E-state index is 5.24. The summed E-state index contributed by atoms with van der Waals surface area (Å²) in [5, 5.41) is 0. The van der Waals surface area contributed by atoms with E-state index in [0.29, 0.717) is 0 Å². The number of hydrogen-bond donors (Lipinski definition) is 0. The third-order valence-electron chi connectivity index (χ3n) is 3.20. The molecule has 2 aromatic carbocycles. The fraction of sp³-hybridized carbons (Fsp3) is 0.111. The molecule has 0 atom stereocenters. The molecule has 180 valence electrons. The Morgan fingerprint density at radius 1 is 0.457 bits per heavy atom. The molecule has 0 N–H and O–H groups in total. The van der Waals surface area contributed by atoms with Crippen LogP contribution in [-0.4, -0.2) is 91.0 Å². The number of ether oxygens (including phenoxy) is 2. The second kappa shape index (κ2) is 50.6. The number of para-hydroxylation sites is 2.